The molecule has 0 spiro atoms. The number of hydrogen-bond acceptors (Lipinski definition) is 7. The van der Waals surface area contributed by atoms with E-state index < -0.39 is 0 Å². The number of urea groups is 1. The van der Waals surface area contributed by atoms with Gasteiger partial charge >= 0.3 is 6.03 Å². The highest BCUT2D eigenvalue weighted by molar-refractivity contribution is 7.17. The molecule has 8 nitrogen and oxygen atoms in total. The van der Waals surface area contributed by atoms with Gasteiger partial charge in [0.1, 0.15) is 12.1 Å². The number of aromatic nitrogens is 2. The van der Waals surface area contributed by atoms with Crippen LogP contribution in [0.5, 0.6) is 0 Å². The lowest BCUT2D eigenvalue weighted by Gasteiger charge is -2.41. The highest BCUT2D eigenvalue weighted by Crippen LogP contribution is 2.38. The Kier molecular flexibility index (Phi) is 3.83. The van der Waals surface area contributed by atoms with Crippen LogP contribution < -0.4 is 4.90 Å². The third kappa shape index (κ3) is 2.60. The number of carbonyl (C=O) groups excluding carboxylic acids is 2. The van der Waals surface area contributed by atoms with Crippen molar-refractivity contribution in [3.8, 4) is 0 Å². The van der Waals surface area contributed by atoms with Crippen LogP contribution in [0.3, 0.4) is 0 Å². The molecule has 3 atom stereocenters. The molecular weight excluding hydrogens is 364 g/mol. The number of hydrogen-bond donors (Lipinski definition) is 0. The molecule has 27 heavy (non-hydrogen) atoms. The van der Waals surface area contributed by atoms with E-state index in [1.807, 2.05) is 6.07 Å². The van der Waals surface area contributed by atoms with E-state index in [1.165, 1.54) is 4.90 Å². The standard InChI is InChI=1S/C18H22N6O2S/c1-21-14(5-15(25)22(2)18(21)26)23-6-11-8-24(9-12(11)7-23)17-16-13(3-4-27-16)19-10-20-17/h3-4,10-12,14H,5-9H2,1-2H3. The number of nitrogens with zero attached hydrogens (tertiary/aromatic N) is 6. The van der Waals surface area contributed by atoms with Crippen molar-refractivity contribution in [3.05, 3.63) is 17.8 Å². The highest BCUT2D eigenvalue weighted by atomic mass is 32.1. The molecule has 5 rings (SSSR count). The van der Waals surface area contributed by atoms with Crippen molar-refractivity contribution in [2.45, 2.75) is 12.6 Å². The Hall–Kier alpha value is -2.26. The minimum Gasteiger partial charge on any atom is -0.355 e. The number of amides is 3. The lowest BCUT2D eigenvalue weighted by Crippen LogP contribution is -2.59. The van der Waals surface area contributed by atoms with Crippen LogP contribution in [0.1, 0.15) is 6.42 Å². The third-order valence-electron chi connectivity index (χ3n) is 6.23. The van der Waals surface area contributed by atoms with E-state index in [0.717, 1.165) is 42.2 Å². The van der Waals surface area contributed by atoms with Crippen molar-refractivity contribution in [2.24, 2.45) is 11.8 Å². The maximum Gasteiger partial charge on any atom is 0.327 e. The Bertz CT molecular complexity index is 902. The normalized spacial score (nSPS) is 29.3. The zero-order valence-electron chi connectivity index (χ0n) is 15.4. The zero-order chi connectivity index (χ0) is 18.7. The van der Waals surface area contributed by atoms with Crippen LogP contribution in [0.4, 0.5) is 10.6 Å². The molecule has 3 fully saturated rings. The Morgan fingerprint density at radius 2 is 1.81 bits per heavy atom. The number of fused-ring (bicyclic) bond motifs is 2. The number of carbonyl (C=O) groups is 2. The van der Waals surface area contributed by atoms with E-state index in [4.69, 9.17) is 0 Å². The van der Waals surface area contributed by atoms with Crippen LogP contribution >= 0.6 is 11.3 Å². The molecule has 0 saturated carbocycles. The fourth-order valence-corrected chi connectivity index (χ4v) is 5.58. The van der Waals surface area contributed by atoms with Crippen molar-refractivity contribution < 1.29 is 9.59 Å². The summed E-state index contributed by atoms with van der Waals surface area (Å²) in [6.07, 6.45) is 1.90. The van der Waals surface area contributed by atoms with Gasteiger partial charge in [0.25, 0.3) is 0 Å². The van der Waals surface area contributed by atoms with Gasteiger partial charge in [-0.3, -0.25) is 14.6 Å². The van der Waals surface area contributed by atoms with Crippen LogP contribution in [0.25, 0.3) is 10.2 Å². The first kappa shape index (κ1) is 16.9. The molecule has 9 heteroatoms. The molecule has 3 aliphatic rings. The van der Waals surface area contributed by atoms with Gasteiger partial charge in [-0.15, -0.1) is 11.3 Å². The molecule has 0 aromatic carbocycles. The lowest BCUT2D eigenvalue weighted by molar-refractivity contribution is -0.133. The second-order valence-corrected chi connectivity index (χ2v) is 8.66. The van der Waals surface area contributed by atoms with Crippen molar-refractivity contribution in [1.82, 2.24) is 24.7 Å². The van der Waals surface area contributed by atoms with Crippen molar-refractivity contribution >= 4 is 39.3 Å². The van der Waals surface area contributed by atoms with Crippen molar-refractivity contribution in [1.29, 1.82) is 0 Å². The minimum atomic E-state index is -0.212. The fraction of sp³-hybridized carbons (Fsp3) is 0.556. The summed E-state index contributed by atoms with van der Waals surface area (Å²) < 4.78 is 1.15. The highest BCUT2D eigenvalue weighted by Gasteiger charge is 2.46. The van der Waals surface area contributed by atoms with E-state index in [-0.39, 0.29) is 18.1 Å². The zero-order valence-corrected chi connectivity index (χ0v) is 16.2. The largest absolute Gasteiger partial charge is 0.355 e. The van der Waals surface area contributed by atoms with E-state index in [1.54, 1.807) is 36.7 Å². The van der Waals surface area contributed by atoms with E-state index >= 15 is 0 Å². The predicted octanol–water partition coefficient (Wildman–Crippen LogP) is 1.30. The van der Waals surface area contributed by atoms with Gasteiger partial charge in [-0.25, -0.2) is 14.8 Å². The Morgan fingerprint density at radius 1 is 1.07 bits per heavy atom. The van der Waals surface area contributed by atoms with Crippen molar-refractivity contribution in [2.75, 3.05) is 45.2 Å². The smallest absolute Gasteiger partial charge is 0.327 e. The van der Waals surface area contributed by atoms with Gasteiger partial charge in [0.05, 0.1) is 22.8 Å². The molecule has 3 aliphatic heterocycles. The monoisotopic (exact) mass is 386 g/mol. The molecule has 0 bridgehead atoms. The Morgan fingerprint density at radius 3 is 2.56 bits per heavy atom. The summed E-state index contributed by atoms with van der Waals surface area (Å²) in [5.41, 5.74) is 1.01. The van der Waals surface area contributed by atoms with Crippen LogP contribution in [0, 0.1) is 11.8 Å². The molecule has 2 aromatic rings. The number of rotatable bonds is 2. The molecule has 3 amide bonds. The van der Waals surface area contributed by atoms with Gasteiger partial charge < -0.3 is 9.80 Å². The maximum atomic E-state index is 12.3. The van der Waals surface area contributed by atoms with Gasteiger partial charge in [-0.1, -0.05) is 0 Å². The van der Waals surface area contributed by atoms with Crippen LogP contribution in [0.2, 0.25) is 0 Å². The molecule has 2 aromatic heterocycles. The summed E-state index contributed by atoms with van der Waals surface area (Å²) in [5, 5.41) is 2.06. The topological polar surface area (TPSA) is 72.9 Å². The SMILES string of the molecule is CN1C(=O)CC(N2CC3CN(c4ncnc5ccsc45)CC3C2)N(C)C1=O. The summed E-state index contributed by atoms with van der Waals surface area (Å²) in [4.78, 5) is 40.9. The van der Waals surface area contributed by atoms with E-state index in [9.17, 15) is 9.59 Å². The molecule has 3 saturated heterocycles. The third-order valence-corrected chi connectivity index (χ3v) is 7.13. The predicted molar refractivity (Wildman–Crippen MR) is 103 cm³/mol. The fourth-order valence-electron chi connectivity index (χ4n) is 4.72. The van der Waals surface area contributed by atoms with Crippen molar-refractivity contribution in [3.63, 3.8) is 0 Å². The van der Waals surface area contributed by atoms with Gasteiger partial charge in [-0.2, -0.15) is 0 Å². The van der Waals surface area contributed by atoms with E-state index in [0.29, 0.717) is 18.3 Å². The number of likely N-dealkylation sites (tertiary alicyclic amines) is 1. The molecule has 0 N–H and O–H groups in total. The van der Waals surface area contributed by atoms with Gasteiger partial charge in [-0.05, 0) is 23.3 Å². The molecule has 3 unspecified atom stereocenters. The molecule has 0 aliphatic carbocycles. The first-order valence-electron chi connectivity index (χ1n) is 9.23. The molecule has 142 valence electrons. The summed E-state index contributed by atoms with van der Waals surface area (Å²) in [6.45, 7) is 3.76. The van der Waals surface area contributed by atoms with E-state index in [2.05, 4.69) is 25.1 Å². The molecular formula is C18H22N6O2S. The minimum absolute atomic E-state index is 0.0946. The number of imide groups is 1. The number of anilines is 1. The maximum absolute atomic E-state index is 12.3. The quantitative estimate of drug-likeness (QED) is 0.775. The number of thiophene rings is 1. The second-order valence-electron chi connectivity index (χ2n) is 7.74. The van der Waals surface area contributed by atoms with Gasteiger partial charge in [0.2, 0.25) is 5.91 Å². The average molecular weight is 386 g/mol. The second kappa shape index (κ2) is 6.13. The molecule has 0 radical (unpaired) electrons. The lowest BCUT2D eigenvalue weighted by atomic mass is 10.0. The van der Waals surface area contributed by atoms with Gasteiger partial charge in [0.15, 0.2) is 0 Å². The van der Waals surface area contributed by atoms with Crippen LogP contribution in [-0.2, 0) is 4.79 Å². The Labute approximate surface area is 161 Å². The summed E-state index contributed by atoms with van der Waals surface area (Å²) in [7, 11) is 3.35. The first-order valence-corrected chi connectivity index (χ1v) is 10.1. The van der Waals surface area contributed by atoms with Crippen LogP contribution in [0.15, 0.2) is 17.8 Å². The average Bonchev–Trinajstić information content (AvgIpc) is 3.36. The summed E-state index contributed by atoms with van der Waals surface area (Å²) in [5.74, 6) is 2.02. The first-order chi connectivity index (χ1) is 13.0. The van der Waals surface area contributed by atoms with Gasteiger partial charge in [0, 0.05) is 40.3 Å². The summed E-state index contributed by atoms with van der Waals surface area (Å²) >= 11 is 1.69. The molecule has 5 heterocycles. The summed E-state index contributed by atoms with van der Waals surface area (Å²) in [6, 6.07) is 1.82. The van der Waals surface area contributed by atoms with Crippen LogP contribution in [-0.4, -0.2) is 83.0 Å². The Balaban J connectivity index is 1.31.